The van der Waals surface area contributed by atoms with Crippen LogP contribution in [-0.2, 0) is 18.4 Å². The zero-order valence-electron chi connectivity index (χ0n) is 12.9. The third kappa shape index (κ3) is 6.62. The van der Waals surface area contributed by atoms with E-state index in [0.717, 1.165) is 12.1 Å². The molecule has 0 saturated carbocycles. The number of nitrogens with one attached hydrogen (secondary N) is 3. The van der Waals surface area contributed by atoms with Gasteiger partial charge >= 0.3 is 0 Å². The van der Waals surface area contributed by atoms with E-state index in [1.54, 1.807) is 17.7 Å². The molecular formula is C13H22Cl2IN5O. The lowest BCUT2D eigenvalue weighted by molar-refractivity contribution is -0.120. The van der Waals surface area contributed by atoms with Gasteiger partial charge in [0, 0.05) is 26.3 Å². The summed E-state index contributed by atoms with van der Waals surface area (Å²) in [4.78, 5) is 15.6. The van der Waals surface area contributed by atoms with E-state index < -0.39 is 0 Å². The van der Waals surface area contributed by atoms with E-state index in [4.69, 9.17) is 23.2 Å². The monoisotopic (exact) mass is 461 g/mol. The highest BCUT2D eigenvalue weighted by atomic mass is 127. The van der Waals surface area contributed by atoms with Crippen molar-refractivity contribution in [1.29, 1.82) is 0 Å². The predicted molar refractivity (Wildman–Crippen MR) is 102 cm³/mol. The first-order chi connectivity index (χ1) is 9.99. The molecule has 0 saturated heterocycles. The number of hydrogen-bond donors (Lipinski definition) is 3. The standard InChI is InChI=1S/C13H21Cl2N5O.HI/c1-4-5-17-11(21)8-19-13(16-2)18-7-9-6-10(14)12(15)20(9)3;/h6H,4-5,7-8H2,1-3H3,(H,17,21)(H2,16,18,19);1H. The molecule has 0 radical (unpaired) electrons. The molecule has 0 aliphatic rings. The maximum Gasteiger partial charge on any atom is 0.239 e. The van der Waals surface area contributed by atoms with Crippen LogP contribution >= 0.6 is 47.2 Å². The smallest absolute Gasteiger partial charge is 0.239 e. The van der Waals surface area contributed by atoms with Crippen molar-refractivity contribution < 1.29 is 4.79 Å². The van der Waals surface area contributed by atoms with Crippen LogP contribution in [0.1, 0.15) is 19.0 Å². The zero-order valence-corrected chi connectivity index (χ0v) is 16.7. The molecule has 1 aromatic rings. The molecule has 0 fully saturated rings. The largest absolute Gasteiger partial charge is 0.355 e. The fourth-order valence-electron chi connectivity index (χ4n) is 1.64. The molecule has 22 heavy (non-hydrogen) atoms. The molecule has 0 bridgehead atoms. The molecule has 6 nitrogen and oxygen atoms in total. The van der Waals surface area contributed by atoms with Crippen molar-refractivity contribution in [3.8, 4) is 0 Å². The Kier molecular flexibility index (Phi) is 10.6. The van der Waals surface area contributed by atoms with Crippen molar-refractivity contribution in [3.05, 3.63) is 21.9 Å². The second-order valence-corrected chi connectivity index (χ2v) is 5.23. The minimum atomic E-state index is -0.0650. The summed E-state index contributed by atoms with van der Waals surface area (Å²) in [6.45, 7) is 3.35. The summed E-state index contributed by atoms with van der Waals surface area (Å²) in [6, 6.07) is 1.79. The average Bonchev–Trinajstić information content (AvgIpc) is 2.72. The fraction of sp³-hybridized carbons (Fsp3) is 0.538. The molecule has 1 rings (SSSR count). The molecular weight excluding hydrogens is 440 g/mol. The minimum absolute atomic E-state index is 0. The van der Waals surface area contributed by atoms with Gasteiger partial charge in [0.25, 0.3) is 0 Å². The molecule has 0 unspecified atom stereocenters. The normalized spacial score (nSPS) is 10.9. The third-order valence-corrected chi connectivity index (χ3v) is 3.71. The second kappa shape index (κ2) is 11.0. The Hall–Kier alpha value is -0.670. The van der Waals surface area contributed by atoms with Gasteiger partial charge in [0.1, 0.15) is 5.15 Å². The maximum atomic E-state index is 11.5. The van der Waals surface area contributed by atoms with Gasteiger partial charge in [0.05, 0.1) is 18.1 Å². The lowest BCUT2D eigenvalue weighted by Crippen LogP contribution is -2.43. The molecule has 0 aliphatic carbocycles. The molecule has 1 aromatic heterocycles. The van der Waals surface area contributed by atoms with Crippen LogP contribution < -0.4 is 16.0 Å². The number of hydrogen-bond acceptors (Lipinski definition) is 2. The Bertz CT molecular complexity index is 519. The first-order valence-corrected chi connectivity index (χ1v) is 7.46. The van der Waals surface area contributed by atoms with Gasteiger partial charge in [-0.25, -0.2) is 0 Å². The Morgan fingerprint density at radius 2 is 2.00 bits per heavy atom. The van der Waals surface area contributed by atoms with Crippen LogP contribution in [0.2, 0.25) is 10.2 Å². The van der Waals surface area contributed by atoms with E-state index in [2.05, 4.69) is 20.9 Å². The van der Waals surface area contributed by atoms with Crippen LogP contribution in [0.25, 0.3) is 0 Å². The lowest BCUT2D eigenvalue weighted by Gasteiger charge is -2.12. The van der Waals surface area contributed by atoms with Gasteiger partial charge in [-0.3, -0.25) is 9.79 Å². The van der Waals surface area contributed by atoms with Crippen LogP contribution in [0.4, 0.5) is 0 Å². The van der Waals surface area contributed by atoms with Gasteiger partial charge in [-0.05, 0) is 12.5 Å². The summed E-state index contributed by atoms with van der Waals surface area (Å²) in [5.74, 6) is 0.472. The van der Waals surface area contributed by atoms with Crippen molar-refractivity contribution in [2.24, 2.45) is 12.0 Å². The molecule has 0 aliphatic heterocycles. The van der Waals surface area contributed by atoms with Crippen LogP contribution in [0.3, 0.4) is 0 Å². The molecule has 0 aromatic carbocycles. The molecule has 9 heteroatoms. The third-order valence-electron chi connectivity index (χ3n) is 2.86. The van der Waals surface area contributed by atoms with E-state index in [1.807, 2.05) is 14.0 Å². The number of aromatic nitrogens is 1. The van der Waals surface area contributed by atoms with E-state index in [9.17, 15) is 4.79 Å². The highest BCUT2D eigenvalue weighted by Gasteiger charge is 2.09. The molecule has 0 atom stereocenters. The number of rotatable bonds is 6. The predicted octanol–water partition coefficient (Wildman–Crippen LogP) is 2.14. The van der Waals surface area contributed by atoms with Gasteiger partial charge < -0.3 is 20.5 Å². The maximum absolute atomic E-state index is 11.5. The number of carbonyl (C=O) groups is 1. The van der Waals surface area contributed by atoms with Crippen molar-refractivity contribution >= 4 is 59.0 Å². The van der Waals surface area contributed by atoms with Gasteiger partial charge in [-0.2, -0.15) is 0 Å². The van der Waals surface area contributed by atoms with Gasteiger partial charge in [-0.1, -0.05) is 30.1 Å². The SMILES string of the molecule is CCCNC(=O)CNC(=NC)NCc1cc(Cl)c(Cl)n1C.I. The van der Waals surface area contributed by atoms with Crippen LogP contribution in [0, 0.1) is 0 Å². The molecule has 1 heterocycles. The average molecular weight is 462 g/mol. The van der Waals surface area contributed by atoms with Crippen molar-refractivity contribution in [1.82, 2.24) is 20.5 Å². The van der Waals surface area contributed by atoms with E-state index in [1.165, 1.54) is 0 Å². The van der Waals surface area contributed by atoms with Crippen molar-refractivity contribution in [2.45, 2.75) is 19.9 Å². The van der Waals surface area contributed by atoms with E-state index in [0.29, 0.717) is 29.2 Å². The molecule has 0 spiro atoms. The van der Waals surface area contributed by atoms with Crippen molar-refractivity contribution in [2.75, 3.05) is 20.1 Å². The van der Waals surface area contributed by atoms with Gasteiger partial charge in [0.2, 0.25) is 5.91 Å². The molecule has 1 amide bonds. The Balaban J connectivity index is 0.00000441. The van der Waals surface area contributed by atoms with Gasteiger partial charge in [-0.15, -0.1) is 24.0 Å². The quantitative estimate of drug-likeness (QED) is 0.345. The van der Waals surface area contributed by atoms with Crippen LogP contribution in [-0.4, -0.2) is 36.6 Å². The van der Waals surface area contributed by atoms with Crippen LogP contribution in [0.5, 0.6) is 0 Å². The highest BCUT2D eigenvalue weighted by molar-refractivity contribution is 14.0. The number of nitrogens with zero attached hydrogens (tertiary/aromatic N) is 2. The van der Waals surface area contributed by atoms with E-state index >= 15 is 0 Å². The summed E-state index contributed by atoms with van der Waals surface area (Å²) in [6.07, 6.45) is 0.910. The summed E-state index contributed by atoms with van der Waals surface area (Å²) >= 11 is 12.0. The summed E-state index contributed by atoms with van der Waals surface area (Å²) in [5, 5.41) is 9.83. The van der Waals surface area contributed by atoms with Crippen molar-refractivity contribution in [3.63, 3.8) is 0 Å². The number of aliphatic imine (C=N–C) groups is 1. The minimum Gasteiger partial charge on any atom is -0.355 e. The van der Waals surface area contributed by atoms with E-state index in [-0.39, 0.29) is 36.4 Å². The number of halogens is 3. The summed E-state index contributed by atoms with van der Waals surface area (Å²) < 4.78 is 1.79. The topological polar surface area (TPSA) is 70.4 Å². The molecule has 3 N–H and O–H groups in total. The lowest BCUT2D eigenvalue weighted by atomic mass is 10.4. The fourth-order valence-corrected chi connectivity index (χ4v) is 2.06. The number of amides is 1. The zero-order chi connectivity index (χ0) is 15.8. The highest BCUT2D eigenvalue weighted by Crippen LogP contribution is 2.24. The number of carbonyl (C=O) groups excluding carboxylic acids is 1. The van der Waals surface area contributed by atoms with Crippen LogP contribution in [0.15, 0.2) is 11.1 Å². The Labute approximate surface area is 158 Å². The second-order valence-electron chi connectivity index (χ2n) is 4.46. The Morgan fingerprint density at radius 3 is 2.50 bits per heavy atom. The Morgan fingerprint density at radius 1 is 1.32 bits per heavy atom. The molecule has 126 valence electrons. The van der Waals surface area contributed by atoms with Gasteiger partial charge in [0.15, 0.2) is 5.96 Å². The first kappa shape index (κ1) is 21.3. The number of guanidine groups is 1. The summed E-state index contributed by atoms with van der Waals surface area (Å²) in [5.41, 5.74) is 0.920. The first-order valence-electron chi connectivity index (χ1n) is 6.70. The summed E-state index contributed by atoms with van der Waals surface area (Å²) in [7, 11) is 3.48.